The van der Waals surface area contributed by atoms with Crippen LogP contribution in [0.2, 0.25) is 5.02 Å². The predicted octanol–water partition coefficient (Wildman–Crippen LogP) is 4.04. The lowest BCUT2D eigenvalue weighted by Gasteiger charge is -2.13. The SMILES string of the molecule is CCOC=CC(=C(Oc1cc(Cl)cc(C#N)c1)C(=O)O)C(F)(F)F. The van der Waals surface area contributed by atoms with Gasteiger partial charge in [0.15, 0.2) is 0 Å². The van der Waals surface area contributed by atoms with Crippen molar-refractivity contribution in [3.05, 3.63) is 52.5 Å². The Balaban J connectivity index is 3.40. The number of nitrogens with zero attached hydrogens (tertiary/aromatic N) is 1. The van der Waals surface area contributed by atoms with E-state index in [9.17, 15) is 18.0 Å². The van der Waals surface area contributed by atoms with Gasteiger partial charge in [0.1, 0.15) is 11.3 Å². The Morgan fingerprint density at radius 3 is 2.58 bits per heavy atom. The van der Waals surface area contributed by atoms with Crippen LogP contribution in [0.5, 0.6) is 5.75 Å². The van der Waals surface area contributed by atoms with Gasteiger partial charge in [-0.25, -0.2) is 4.79 Å². The number of nitriles is 1. The summed E-state index contributed by atoms with van der Waals surface area (Å²) in [6.07, 6.45) is -3.84. The maximum Gasteiger partial charge on any atom is 0.420 e. The molecule has 0 aliphatic carbocycles. The Kier molecular flexibility index (Phi) is 6.68. The van der Waals surface area contributed by atoms with Crippen LogP contribution in [0.25, 0.3) is 0 Å². The number of rotatable bonds is 6. The van der Waals surface area contributed by atoms with E-state index in [1.165, 1.54) is 6.07 Å². The van der Waals surface area contributed by atoms with Crippen LogP contribution in [0.15, 0.2) is 41.9 Å². The number of allylic oxidation sites excluding steroid dienone is 2. The summed E-state index contributed by atoms with van der Waals surface area (Å²) in [6.45, 7) is 1.65. The highest BCUT2D eigenvalue weighted by Crippen LogP contribution is 2.31. The van der Waals surface area contributed by atoms with Crippen LogP contribution in [0.4, 0.5) is 13.2 Å². The van der Waals surface area contributed by atoms with Gasteiger partial charge in [0, 0.05) is 5.02 Å². The molecule has 5 nitrogen and oxygen atoms in total. The largest absolute Gasteiger partial charge is 0.501 e. The summed E-state index contributed by atoms with van der Waals surface area (Å²) in [4.78, 5) is 11.2. The molecule has 0 radical (unpaired) electrons. The molecule has 9 heteroatoms. The third-order valence-corrected chi connectivity index (χ3v) is 2.68. The molecule has 0 spiro atoms. The predicted molar refractivity (Wildman–Crippen MR) is 78.3 cm³/mol. The van der Waals surface area contributed by atoms with Gasteiger partial charge in [-0.3, -0.25) is 0 Å². The van der Waals surface area contributed by atoms with Crippen LogP contribution in [0.3, 0.4) is 0 Å². The number of hydrogen-bond acceptors (Lipinski definition) is 4. The van der Waals surface area contributed by atoms with Gasteiger partial charge in [-0.1, -0.05) is 11.6 Å². The number of alkyl halides is 3. The summed E-state index contributed by atoms with van der Waals surface area (Å²) in [6, 6.07) is 5.13. The number of halogens is 4. The van der Waals surface area contributed by atoms with E-state index < -0.39 is 23.5 Å². The van der Waals surface area contributed by atoms with Crippen molar-refractivity contribution in [3.8, 4) is 11.8 Å². The number of hydrogen-bond donors (Lipinski definition) is 1. The Morgan fingerprint density at radius 2 is 2.08 bits per heavy atom. The fourth-order valence-corrected chi connectivity index (χ4v) is 1.75. The first-order valence-electron chi connectivity index (χ1n) is 6.40. The fraction of sp³-hybridized carbons (Fsp3) is 0.200. The molecule has 0 fully saturated rings. The number of carboxylic acid groups (broad SMARTS) is 1. The zero-order valence-corrected chi connectivity index (χ0v) is 13.0. The minimum Gasteiger partial charge on any atom is -0.501 e. The van der Waals surface area contributed by atoms with E-state index >= 15 is 0 Å². The molecule has 0 saturated heterocycles. The number of carboxylic acids is 1. The second-order valence-electron chi connectivity index (χ2n) is 4.19. The summed E-state index contributed by atoms with van der Waals surface area (Å²) < 4.78 is 48.8. The molecule has 24 heavy (non-hydrogen) atoms. The number of carbonyl (C=O) groups is 1. The summed E-state index contributed by atoms with van der Waals surface area (Å²) in [5.74, 6) is -3.63. The molecule has 0 aliphatic heterocycles. The van der Waals surface area contributed by atoms with Crippen molar-refractivity contribution in [2.24, 2.45) is 0 Å². The third-order valence-electron chi connectivity index (χ3n) is 2.46. The molecule has 0 saturated carbocycles. The van der Waals surface area contributed by atoms with Gasteiger partial charge in [-0.05, 0) is 31.2 Å². The maximum absolute atomic E-state index is 13.1. The van der Waals surface area contributed by atoms with Crippen molar-refractivity contribution < 1.29 is 32.5 Å². The Bertz CT molecular complexity index is 720. The topological polar surface area (TPSA) is 79.5 Å². The number of ether oxygens (including phenoxy) is 2. The van der Waals surface area contributed by atoms with Crippen LogP contribution in [0, 0.1) is 11.3 Å². The average molecular weight is 362 g/mol. The molecule has 0 heterocycles. The molecule has 1 rings (SSSR count). The van der Waals surface area contributed by atoms with Crippen molar-refractivity contribution in [1.29, 1.82) is 5.26 Å². The smallest absolute Gasteiger partial charge is 0.420 e. The number of aliphatic carboxylic acids is 1. The molecule has 0 unspecified atom stereocenters. The molecular weight excluding hydrogens is 351 g/mol. The Labute approximate surface area is 140 Å². The molecule has 128 valence electrons. The average Bonchev–Trinajstić information content (AvgIpc) is 2.48. The maximum atomic E-state index is 13.1. The highest BCUT2D eigenvalue weighted by atomic mass is 35.5. The normalized spacial score (nSPS) is 12.5. The van der Waals surface area contributed by atoms with Gasteiger partial charge in [0.25, 0.3) is 0 Å². The van der Waals surface area contributed by atoms with E-state index in [1.54, 1.807) is 13.0 Å². The zero-order valence-electron chi connectivity index (χ0n) is 12.2. The zero-order chi connectivity index (χ0) is 18.3. The van der Waals surface area contributed by atoms with Crippen LogP contribution >= 0.6 is 11.6 Å². The van der Waals surface area contributed by atoms with E-state index in [-0.39, 0.29) is 22.9 Å². The monoisotopic (exact) mass is 361 g/mol. The first kappa shape index (κ1) is 19.4. The summed E-state index contributed by atoms with van der Waals surface area (Å²) >= 11 is 5.71. The molecule has 0 atom stereocenters. The van der Waals surface area contributed by atoms with Gasteiger partial charge >= 0.3 is 12.1 Å². The van der Waals surface area contributed by atoms with Gasteiger partial charge in [0.2, 0.25) is 5.76 Å². The molecule has 0 bridgehead atoms. The van der Waals surface area contributed by atoms with Crippen molar-refractivity contribution in [2.45, 2.75) is 13.1 Å². The standard InChI is InChI=1S/C15H11ClF3NO4/c1-2-23-4-3-12(15(17,18)19)13(14(21)22)24-11-6-9(8-20)5-10(16)7-11/h3-7H,2H2,1H3,(H,21,22). The molecule has 0 aliphatic rings. The van der Waals surface area contributed by atoms with E-state index in [2.05, 4.69) is 4.74 Å². The Morgan fingerprint density at radius 1 is 1.42 bits per heavy atom. The van der Waals surface area contributed by atoms with Crippen LogP contribution in [0.1, 0.15) is 12.5 Å². The van der Waals surface area contributed by atoms with E-state index in [0.29, 0.717) is 12.3 Å². The summed E-state index contributed by atoms with van der Waals surface area (Å²) in [5.41, 5.74) is -1.55. The van der Waals surface area contributed by atoms with Crippen molar-refractivity contribution in [1.82, 2.24) is 0 Å². The quantitative estimate of drug-likeness (QED) is 0.470. The minimum absolute atomic E-state index is 0.000607. The summed E-state index contributed by atoms with van der Waals surface area (Å²) in [5, 5.41) is 17.9. The molecule has 1 N–H and O–H groups in total. The van der Waals surface area contributed by atoms with E-state index in [0.717, 1.165) is 12.1 Å². The van der Waals surface area contributed by atoms with Crippen LogP contribution in [-0.4, -0.2) is 23.9 Å². The lowest BCUT2D eigenvalue weighted by atomic mass is 10.2. The van der Waals surface area contributed by atoms with Crippen molar-refractivity contribution in [2.75, 3.05) is 6.61 Å². The highest BCUT2D eigenvalue weighted by molar-refractivity contribution is 6.30. The lowest BCUT2D eigenvalue weighted by molar-refractivity contribution is -0.136. The van der Waals surface area contributed by atoms with Crippen LogP contribution in [-0.2, 0) is 9.53 Å². The number of benzene rings is 1. The Hall–Kier alpha value is -2.66. The van der Waals surface area contributed by atoms with Crippen LogP contribution < -0.4 is 4.74 Å². The van der Waals surface area contributed by atoms with Gasteiger partial charge in [-0.2, -0.15) is 18.4 Å². The minimum atomic E-state index is -5.00. The molecular formula is C15H11ClF3NO4. The molecule has 1 aromatic rings. The molecule has 1 aromatic carbocycles. The first-order valence-corrected chi connectivity index (χ1v) is 6.78. The van der Waals surface area contributed by atoms with Gasteiger partial charge < -0.3 is 14.6 Å². The summed E-state index contributed by atoms with van der Waals surface area (Å²) in [7, 11) is 0. The fourth-order valence-electron chi connectivity index (χ4n) is 1.53. The van der Waals surface area contributed by atoms with E-state index in [1.807, 2.05) is 0 Å². The van der Waals surface area contributed by atoms with Gasteiger partial charge in [0.05, 0.1) is 24.5 Å². The highest BCUT2D eigenvalue weighted by Gasteiger charge is 2.38. The molecule has 0 aromatic heterocycles. The lowest BCUT2D eigenvalue weighted by Crippen LogP contribution is -2.20. The van der Waals surface area contributed by atoms with Crippen molar-refractivity contribution in [3.63, 3.8) is 0 Å². The van der Waals surface area contributed by atoms with Crippen molar-refractivity contribution >= 4 is 17.6 Å². The van der Waals surface area contributed by atoms with E-state index in [4.69, 9.17) is 26.7 Å². The first-order chi connectivity index (χ1) is 11.2. The second kappa shape index (κ2) is 8.26. The molecule has 0 amide bonds. The van der Waals surface area contributed by atoms with Gasteiger partial charge in [-0.15, -0.1) is 0 Å². The third kappa shape index (κ3) is 5.52. The second-order valence-corrected chi connectivity index (χ2v) is 4.63.